The second-order valence-electron chi connectivity index (χ2n) is 4.86. The minimum atomic E-state index is -0.0294. The summed E-state index contributed by atoms with van der Waals surface area (Å²) in [7, 11) is 0. The molecule has 1 fully saturated rings. The lowest BCUT2D eigenvalue weighted by molar-refractivity contribution is -0.110. The van der Waals surface area contributed by atoms with Gasteiger partial charge in [-0.1, -0.05) is 17.7 Å². The van der Waals surface area contributed by atoms with Crippen LogP contribution in [-0.4, -0.2) is 5.91 Å². The highest BCUT2D eigenvalue weighted by Gasteiger charge is 2.40. The molecule has 0 bridgehead atoms. The summed E-state index contributed by atoms with van der Waals surface area (Å²) >= 11 is 5.94. The van der Waals surface area contributed by atoms with E-state index in [0.717, 1.165) is 28.8 Å². The molecule has 1 aromatic heterocycles. The Labute approximate surface area is 114 Å². The minimum Gasteiger partial charge on any atom is -0.472 e. The van der Waals surface area contributed by atoms with Crippen molar-refractivity contribution in [2.24, 2.45) is 0 Å². The summed E-state index contributed by atoms with van der Waals surface area (Å²) in [5.41, 5.74) is 4.88. The predicted octanol–water partition coefficient (Wildman–Crippen LogP) is 3.83. The second-order valence-corrected chi connectivity index (χ2v) is 5.29. The van der Waals surface area contributed by atoms with Gasteiger partial charge in [0.1, 0.15) is 0 Å². The molecule has 0 saturated heterocycles. The number of rotatable bonds is 1. The van der Waals surface area contributed by atoms with Gasteiger partial charge in [0.15, 0.2) is 0 Å². The number of carbonyl (C=O) groups is 1. The first-order valence-electron chi connectivity index (χ1n) is 6.10. The Morgan fingerprint density at radius 2 is 2.21 bits per heavy atom. The minimum absolute atomic E-state index is 0.0294. The van der Waals surface area contributed by atoms with Crippen molar-refractivity contribution in [1.82, 2.24) is 0 Å². The van der Waals surface area contributed by atoms with E-state index >= 15 is 0 Å². The van der Waals surface area contributed by atoms with Crippen molar-refractivity contribution in [2.45, 2.75) is 12.3 Å². The smallest absolute Gasteiger partial charge is 0.256 e. The molecule has 1 aliphatic carbocycles. The van der Waals surface area contributed by atoms with Crippen LogP contribution in [0, 0.1) is 0 Å². The quantitative estimate of drug-likeness (QED) is 0.801. The highest BCUT2D eigenvalue weighted by molar-refractivity contribution is 6.35. The molecule has 1 atom stereocenters. The van der Waals surface area contributed by atoms with Crippen LogP contribution in [0.3, 0.4) is 0 Å². The number of carbonyl (C=O) groups excluding carboxylic acids is 1. The normalized spacial score (nSPS) is 24.3. The number of furan rings is 1. The molecule has 1 saturated carbocycles. The highest BCUT2D eigenvalue weighted by Crippen LogP contribution is 2.53. The topological polar surface area (TPSA) is 42.2 Å². The summed E-state index contributed by atoms with van der Waals surface area (Å²) in [6.45, 7) is 0. The zero-order chi connectivity index (χ0) is 13.0. The van der Waals surface area contributed by atoms with Gasteiger partial charge in [-0.15, -0.1) is 0 Å². The lowest BCUT2D eigenvalue weighted by Crippen LogP contribution is -2.03. The Hall–Kier alpha value is -2.00. The summed E-state index contributed by atoms with van der Waals surface area (Å²) in [5, 5.41) is 3.50. The molecule has 4 rings (SSSR count). The standard InChI is InChI=1S/C15H10ClNO2/c16-9-1-2-10-13(5-9)17-15(18)14(10)12-6-11(12)8-3-4-19-7-8/h1-5,7,11H,6H2,(H,17,18)/b14-12+. The highest BCUT2D eigenvalue weighted by atomic mass is 35.5. The molecular weight excluding hydrogens is 262 g/mol. The van der Waals surface area contributed by atoms with Crippen molar-refractivity contribution >= 4 is 28.8 Å². The predicted molar refractivity (Wildman–Crippen MR) is 73.1 cm³/mol. The molecule has 1 N–H and O–H groups in total. The van der Waals surface area contributed by atoms with Crippen LogP contribution in [0.15, 0.2) is 46.8 Å². The van der Waals surface area contributed by atoms with Crippen LogP contribution >= 0.6 is 11.6 Å². The van der Waals surface area contributed by atoms with E-state index in [-0.39, 0.29) is 5.91 Å². The lowest BCUT2D eigenvalue weighted by atomic mass is 10.0. The van der Waals surface area contributed by atoms with Crippen LogP contribution in [0.25, 0.3) is 5.57 Å². The number of hydrogen-bond acceptors (Lipinski definition) is 2. The maximum atomic E-state index is 12.1. The summed E-state index contributed by atoms with van der Waals surface area (Å²) < 4.78 is 5.10. The summed E-state index contributed by atoms with van der Waals surface area (Å²) in [6.07, 6.45) is 4.33. The van der Waals surface area contributed by atoms with Crippen molar-refractivity contribution in [2.75, 3.05) is 5.32 Å². The molecule has 19 heavy (non-hydrogen) atoms. The lowest BCUT2D eigenvalue weighted by Gasteiger charge is -1.98. The van der Waals surface area contributed by atoms with Gasteiger partial charge in [-0.2, -0.15) is 0 Å². The van der Waals surface area contributed by atoms with Gasteiger partial charge in [0.2, 0.25) is 0 Å². The van der Waals surface area contributed by atoms with E-state index < -0.39 is 0 Å². The van der Waals surface area contributed by atoms with Crippen molar-refractivity contribution < 1.29 is 9.21 Å². The van der Waals surface area contributed by atoms with Gasteiger partial charge < -0.3 is 9.73 Å². The van der Waals surface area contributed by atoms with Gasteiger partial charge in [-0.25, -0.2) is 0 Å². The van der Waals surface area contributed by atoms with Crippen LogP contribution in [0.2, 0.25) is 5.02 Å². The van der Waals surface area contributed by atoms with Crippen LogP contribution in [0.1, 0.15) is 23.5 Å². The molecule has 0 spiro atoms. The third-order valence-electron chi connectivity index (χ3n) is 3.68. The molecular formula is C15H10ClNO2. The fraction of sp³-hybridized carbons (Fsp3) is 0.133. The number of hydrogen-bond donors (Lipinski definition) is 1. The van der Waals surface area contributed by atoms with Gasteiger partial charge >= 0.3 is 0 Å². The molecule has 4 heteroatoms. The molecule has 3 nitrogen and oxygen atoms in total. The Morgan fingerprint density at radius 3 is 3.00 bits per heavy atom. The van der Waals surface area contributed by atoms with Crippen molar-refractivity contribution in [3.05, 3.63) is 58.5 Å². The Morgan fingerprint density at radius 1 is 1.32 bits per heavy atom. The number of nitrogens with one attached hydrogen (secondary N) is 1. The molecule has 1 amide bonds. The van der Waals surface area contributed by atoms with Crippen LogP contribution in [0.4, 0.5) is 5.69 Å². The van der Waals surface area contributed by atoms with Gasteiger partial charge in [0.05, 0.1) is 18.2 Å². The van der Waals surface area contributed by atoms with Gasteiger partial charge in [-0.05, 0) is 35.8 Å². The summed E-state index contributed by atoms with van der Waals surface area (Å²) in [6, 6.07) is 7.46. The van der Waals surface area contributed by atoms with E-state index in [4.69, 9.17) is 16.0 Å². The Kier molecular flexibility index (Phi) is 2.15. The second kappa shape index (κ2) is 3.75. The van der Waals surface area contributed by atoms with E-state index in [1.165, 1.54) is 5.57 Å². The van der Waals surface area contributed by atoms with Crippen molar-refractivity contribution in [3.8, 4) is 0 Å². The fourth-order valence-corrected chi connectivity index (χ4v) is 2.87. The third kappa shape index (κ3) is 1.62. The molecule has 0 radical (unpaired) electrons. The number of fused-ring (bicyclic) bond motifs is 1. The monoisotopic (exact) mass is 271 g/mol. The van der Waals surface area contributed by atoms with Gasteiger partial charge in [-0.3, -0.25) is 4.79 Å². The fourth-order valence-electron chi connectivity index (χ4n) is 2.69. The zero-order valence-electron chi connectivity index (χ0n) is 9.94. The van der Waals surface area contributed by atoms with Crippen LogP contribution in [-0.2, 0) is 4.79 Å². The van der Waals surface area contributed by atoms with E-state index in [2.05, 4.69) is 5.32 Å². The summed E-state index contributed by atoms with van der Waals surface area (Å²) in [4.78, 5) is 12.1. The van der Waals surface area contributed by atoms with Crippen LogP contribution in [0.5, 0.6) is 0 Å². The molecule has 94 valence electrons. The van der Waals surface area contributed by atoms with Gasteiger partial charge in [0, 0.05) is 22.1 Å². The SMILES string of the molecule is O=C1Nc2cc(Cl)ccc2/C1=C1/CC1c1ccoc1. The van der Waals surface area contributed by atoms with Crippen molar-refractivity contribution in [3.63, 3.8) is 0 Å². The molecule has 1 aromatic carbocycles. The summed E-state index contributed by atoms with van der Waals surface area (Å²) in [5.74, 6) is 0.291. The first-order valence-corrected chi connectivity index (χ1v) is 6.48. The third-order valence-corrected chi connectivity index (χ3v) is 3.91. The van der Waals surface area contributed by atoms with Gasteiger partial charge in [0.25, 0.3) is 5.91 Å². The van der Waals surface area contributed by atoms with E-state index in [9.17, 15) is 4.79 Å². The van der Waals surface area contributed by atoms with E-state index in [1.807, 2.05) is 18.2 Å². The zero-order valence-corrected chi connectivity index (χ0v) is 10.7. The number of benzene rings is 1. The molecule has 1 aliphatic heterocycles. The average molecular weight is 272 g/mol. The van der Waals surface area contributed by atoms with Crippen molar-refractivity contribution in [1.29, 1.82) is 0 Å². The van der Waals surface area contributed by atoms with Crippen LogP contribution < -0.4 is 5.32 Å². The molecule has 2 aliphatic rings. The molecule has 2 heterocycles. The number of anilines is 1. The largest absolute Gasteiger partial charge is 0.472 e. The molecule has 2 aromatic rings. The first-order chi connectivity index (χ1) is 9.24. The van der Waals surface area contributed by atoms with E-state index in [1.54, 1.807) is 18.6 Å². The number of halogens is 1. The maximum Gasteiger partial charge on any atom is 0.256 e. The Bertz CT molecular complexity index is 716. The number of amides is 1. The van der Waals surface area contributed by atoms with E-state index in [0.29, 0.717) is 10.9 Å². The first kappa shape index (κ1) is 10.9. The number of allylic oxidation sites excluding steroid dienone is 1. The maximum absolute atomic E-state index is 12.1. The average Bonchev–Trinajstić information content (AvgIpc) is 2.85. The molecule has 1 unspecified atom stereocenters. The Balaban J connectivity index is 1.80.